The predicted molar refractivity (Wildman–Crippen MR) is 80.5 cm³/mol. The summed E-state index contributed by atoms with van der Waals surface area (Å²) in [6, 6.07) is 12.1. The van der Waals surface area contributed by atoms with Gasteiger partial charge in [0.15, 0.2) is 5.82 Å². The number of rotatable bonds is 7. The Balaban J connectivity index is 1.90. The van der Waals surface area contributed by atoms with Crippen LogP contribution in [0.25, 0.3) is 0 Å². The van der Waals surface area contributed by atoms with Crippen LogP contribution in [0.4, 0.5) is 5.82 Å². The number of nitrogens with one attached hydrogen (secondary N) is 1. The van der Waals surface area contributed by atoms with Gasteiger partial charge in [0.05, 0.1) is 6.61 Å². The molecule has 1 N–H and O–H groups in total. The van der Waals surface area contributed by atoms with Crippen molar-refractivity contribution in [1.29, 1.82) is 0 Å². The monoisotopic (exact) mass is 271 g/mol. The molecule has 0 radical (unpaired) electrons. The van der Waals surface area contributed by atoms with Crippen molar-refractivity contribution in [3.63, 3.8) is 0 Å². The molecule has 20 heavy (non-hydrogen) atoms. The topological polar surface area (TPSA) is 47.0 Å². The summed E-state index contributed by atoms with van der Waals surface area (Å²) in [5.41, 5.74) is 2.11. The first-order valence-electron chi connectivity index (χ1n) is 6.98. The van der Waals surface area contributed by atoms with Gasteiger partial charge in [-0.2, -0.15) is 0 Å². The summed E-state index contributed by atoms with van der Waals surface area (Å²) >= 11 is 0. The summed E-state index contributed by atoms with van der Waals surface area (Å²) in [6.45, 7) is 6.03. The summed E-state index contributed by atoms with van der Waals surface area (Å²) in [4.78, 5) is 8.85. The Morgan fingerprint density at radius 3 is 2.65 bits per heavy atom. The molecular weight excluding hydrogens is 250 g/mol. The van der Waals surface area contributed by atoms with E-state index >= 15 is 0 Å². The molecular formula is C16H21N3O. The summed E-state index contributed by atoms with van der Waals surface area (Å²) in [5.74, 6) is 1.59. The smallest absolute Gasteiger partial charge is 0.156 e. The van der Waals surface area contributed by atoms with Crippen molar-refractivity contribution >= 4 is 5.82 Å². The molecule has 4 nitrogen and oxygen atoms in total. The zero-order chi connectivity index (χ0) is 14.2. The van der Waals surface area contributed by atoms with Gasteiger partial charge in [0.2, 0.25) is 0 Å². The van der Waals surface area contributed by atoms with Crippen LogP contribution in [0.15, 0.2) is 36.4 Å². The zero-order valence-corrected chi connectivity index (χ0v) is 12.1. The predicted octanol–water partition coefficient (Wildman–Crippen LogP) is 3.32. The van der Waals surface area contributed by atoms with Gasteiger partial charge in [-0.25, -0.2) is 9.97 Å². The number of aromatic nitrogens is 2. The van der Waals surface area contributed by atoms with Crippen molar-refractivity contribution in [2.24, 2.45) is 0 Å². The summed E-state index contributed by atoms with van der Waals surface area (Å²) in [6.07, 6.45) is 1.07. The third kappa shape index (κ3) is 4.63. The minimum absolute atomic E-state index is 0.428. The molecule has 4 heteroatoms. The molecule has 0 aliphatic heterocycles. The van der Waals surface area contributed by atoms with Crippen LogP contribution < -0.4 is 5.32 Å². The van der Waals surface area contributed by atoms with E-state index in [2.05, 4.69) is 22.2 Å². The van der Waals surface area contributed by atoms with Crippen molar-refractivity contribution in [2.45, 2.75) is 33.5 Å². The SMILES string of the molecule is CCCNc1cc(C)nc(COCc2ccccc2)n1. The van der Waals surface area contributed by atoms with E-state index in [1.165, 1.54) is 0 Å². The highest BCUT2D eigenvalue weighted by Crippen LogP contribution is 2.08. The molecule has 106 valence electrons. The van der Waals surface area contributed by atoms with Crippen LogP contribution >= 0.6 is 0 Å². The van der Waals surface area contributed by atoms with Gasteiger partial charge in [0, 0.05) is 18.3 Å². The van der Waals surface area contributed by atoms with Gasteiger partial charge in [-0.1, -0.05) is 37.3 Å². The Morgan fingerprint density at radius 1 is 1.10 bits per heavy atom. The molecule has 0 bridgehead atoms. The number of hydrogen-bond acceptors (Lipinski definition) is 4. The normalized spacial score (nSPS) is 10.5. The third-order valence-electron chi connectivity index (χ3n) is 2.80. The van der Waals surface area contributed by atoms with Crippen LogP contribution in [-0.2, 0) is 18.0 Å². The number of benzene rings is 1. The van der Waals surface area contributed by atoms with Gasteiger partial charge in [-0.05, 0) is 18.9 Å². The van der Waals surface area contributed by atoms with E-state index in [9.17, 15) is 0 Å². The largest absolute Gasteiger partial charge is 0.370 e. The highest BCUT2D eigenvalue weighted by molar-refractivity contribution is 5.35. The lowest BCUT2D eigenvalue weighted by Gasteiger charge is -2.08. The minimum atomic E-state index is 0.428. The molecule has 2 aromatic rings. The molecule has 0 unspecified atom stereocenters. The first-order chi connectivity index (χ1) is 9.78. The Labute approximate surface area is 120 Å². The zero-order valence-electron chi connectivity index (χ0n) is 12.1. The Morgan fingerprint density at radius 2 is 1.90 bits per heavy atom. The maximum absolute atomic E-state index is 5.67. The lowest BCUT2D eigenvalue weighted by atomic mass is 10.2. The molecule has 0 atom stereocenters. The van der Waals surface area contributed by atoms with Gasteiger partial charge in [0.25, 0.3) is 0 Å². The van der Waals surface area contributed by atoms with Crippen molar-refractivity contribution in [3.8, 4) is 0 Å². The molecule has 1 heterocycles. The van der Waals surface area contributed by atoms with Gasteiger partial charge in [0.1, 0.15) is 12.4 Å². The number of anilines is 1. The summed E-state index contributed by atoms with van der Waals surface area (Å²) < 4.78 is 5.67. The lowest BCUT2D eigenvalue weighted by Crippen LogP contribution is -2.07. The number of nitrogens with zero attached hydrogens (tertiary/aromatic N) is 2. The number of hydrogen-bond donors (Lipinski definition) is 1. The van der Waals surface area contributed by atoms with Crippen molar-refractivity contribution in [1.82, 2.24) is 9.97 Å². The van der Waals surface area contributed by atoms with Crippen LogP contribution in [0.5, 0.6) is 0 Å². The first kappa shape index (κ1) is 14.5. The molecule has 1 aromatic heterocycles. The third-order valence-corrected chi connectivity index (χ3v) is 2.80. The quantitative estimate of drug-likeness (QED) is 0.839. The number of aryl methyl sites for hydroxylation is 1. The van der Waals surface area contributed by atoms with E-state index in [0.717, 1.165) is 35.9 Å². The molecule has 0 saturated heterocycles. The van der Waals surface area contributed by atoms with Crippen LogP contribution in [0, 0.1) is 6.92 Å². The van der Waals surface area contributed by atoms with Crippen molar-refractivity contribution in [2.75, 3.05) is 11.9 Å². The van der Waals surface area contributed by atoms with Gasteiger partial charge in [-0.3, -0.25) is 0 Å². The molecule has 0 saturated carbocycles. The van der Waals surface area contributed by atoms with E-state index in [4.69, 9.17) is 4.74 Å². The fourth-order valence-corrected chi connectivity index (χ4v) is 1.87. The average molecular weight is 271 g/mol. The average Bonchev–Trinajstić information content (AvgIpc) is 2.46. The maximum atomic E-state index is 5.67. The molecule has 1 aromatic carbocycles. The number of ether oxygens (including phenoxy) is 1. The molecule has 0 fully saturated rings. The van der Waals surface area contributed by atoms with Crippen LogP contribution in [-0.4, -0.2) is 16.5 Å². The van der Waals surface area contributed by atoms with Crippen molar-refractivity contribution in [3.05, 3.63) is 53.5 Å². The second kappa shape index (κ2) is 7.60. The standard InChI is InChI=1S/C16H21N3O/c1-3-9-17-15-10-13(2)18-16(19-15)12-20-11-14-7-5-4-6-8-14/h4-8,10H,3,9,11-12H2,1-2H3,(H,17,18,19). The van der Waals surface area contributed by atoms with Gasteiger partial charge < -0.3 is 10.1 Å². The highest BCUT2D eigenvalue weighted by Gasteiger charge is 2.02. The molecule has 0 aliphatic carbocycles. The van der Waals surface area contributed by atoms with Crippen LogP contribution in [0.2, 0.25) is 0 Å². The maximum Gasteiger partial charge on any atom is 0.156 e. The highest BCUT2D eigenvalue weighted by atomic mass is 16.5. The van der Waals surface area contributed by atoms with E-state index in [0.29, 0.717) is 13.2 Å². The fraction of sp³-hybridized carbons (Fsp3) is 0.375. The van der Waals surface area contributed by atoms with E-state index in [-0.39, 0.29) is 0 Å². The second-order valence-electron chi connectivity index (χ2n) is 4.72. The Hall–Kier alpha value is -1.94. The van der Waals surface area contributed by atoms with Gasteiger partial charge >= 0.3 is 0 Å². The van der Waals surface area contributed by atoms with Crippen LogP contribution in [0.3, 0.4) is 0 Å². The molecule has 0 spiro atoms. The van der Waals surface area contributed by atoms with Crippen LogP contribution in [0.1, 0.15) is 30.4 Å². The minimum Gasteiger partial charge on any atom is -0.370 e. The van der Waals surface area contributed by atoms with Crippen molar-refractivity contribution < 1.29 is 4.74 Å². The van der Waals surface area contributed by atoms with E-state index in [1.54, 1.807) is 0 Å². The summed E-state index contributed by atoms with van der Waals surface area (Å²) in [5, 5.41) is 3.28. The molecule has 2 rings (SSSR count). The summed E-state index contributed by atoms with van der Waals surface area (Å²) in [7, 11) is 0. The molecule has 0 amide bonds. The van der Waals surface area contributed by atoms with E-state index in [1.807, 2.05) is 43.3 Å². The second-order valence-corrected chi connectivity index (χ2v) is 4.72. The fourth-order valence-electron chi connectivity index (χ4n) is 1.87. The first-order valence-corrected chi connectivity index (χ1v) is 6.98. The van der Waals surface area contributed by atoms with Gasteiger partial charge in [-0.15, -0.1) is 0 Å². The molecule has 0 aliphatic rings. The van der Waals surface area contributed by atoms with E-state index < -0.39 is 0 Å². The lowest BCUT2D eigenvalue weighted by molar-refractivity contribution is 0.102. The Kier molecular flexibility index (Phi) is 5.50. The Bertz CT molecular complexity index is 529.